The molecule has 0 amide bonds. The van der Waals surface area contributed by atoms with Crippen molar-refractivity contribution in [2.24, 2.45) is 11.8 Å². The molecule has 0 saturated heterocycles. The van der Waals surface area contributed by atoms with Gasteiger partial charge in [-0.15, -0.1) is 0 Å². The molecule has 1 unspecified atom stereocenters. The summed E-state index contributed by atoms with van der Waals surface area (Å²) < 4.78 is 12.5. The van der Waals surface area contributed by atoms with Crippen LogP contribution in [0.15, 0.2) is 18.2 Å². The lowest BCUT2D eigenvalue weighted by Gasteiger charge is -2.08. The van der Waals surface area contributed by atoms with Gasteiger partial charge in [-0.1, -0.05) is 112 Å². The van der Waals surface area contributed by atoms with E-state index in [0.717, 1.165) is 23.5 Å². The highest BCUT2D eigenvalue weighted by Gasteiger charge is 2.05. The lowest BCUT2D eigenvalue weighted by Crippen LogP contribution is -2.06. The number of rotatable bonds is 9. The SMILES string of the molecule is CC.CCC(=O)C(C)CC.CCCCC(C)CCCC.Cc1ccc(F)c(C)c1. The van der Waals surface area contributed by atoms with Gasteiger partial charge in [0.2, 0.25) is 0 Å². The average Bonchev–Trinajstić information content (AvgIpc) is 2.74. The van der Waals surface area contributed by atoms with E-state index in [0.29, 0.717) is 12.2 Å². The highest BCUT2D eigenvalue weighted by Crippen LogP contribution is 2.14. The second-order valence-corrected chi connectivity index (χ2v) is 7.77. The third-order valence-corrected chi connectivity index (χ3v) is 4.92. The van der Waals surface area contributed by atoms with Crippen molar-refractivity contribution < 1.29 is 9.18 Å². The summed E-state index contributed by atoms with van der Waals surface area (Å²) in [6.07, 6.45) is 10.1. The Morgan fingerprint density at radius 1 is 0.931 bits per heavy atom. The van der Waals surface area contributed by atoms with Gasteiger partial charge in [-0.2, -0.15) is 0 Å². The molecule has 1 aromatic carbocycles. The molecule has 0 spiro atoms. The fourth-order valence-corrected chi connectivity index (χ4v) is 2.62. The average molecular weight is 411 g/mol. The summed E-state index contributed by atoms with van der Waals surface area (Å²) >= 11 is 0. The zero-order valence-electron chi connectivity index (χ0n) is 21.3. The van der Waals surface area contributed by atoms with Crippen molar-refractivity contribution in [2.75, 3.05) is 0 Å². The zero-order valence-corrected chi connectivity index (χ0v) is 21.3. The molecule has 0 fully saturated rings. The summed E-state index contributed by atoms with van der Waals surface area (Å²) in [6.45, 7) is 20.6. The summed E-state index contributed by atoms with van der Waals surface area (Å²) in [5, 5.41) is 0. The quantitative estimate of drug-likeness (QED) is 0.396. The minimum absolute atomic E-state index is 0.124. The molecule has 1 aromatic rings. The van der Waals surface area contributed by atoms with Crippen molar-refractivity contribution in [2.45, 2.75) is 121 Å². The minimum Gasteiger partial charge on any atom is -0.299 e. The second kappa shape index (κ2) is 23.1. The van der Waals surface area contributed by atoms with Crippen LogP contribution in [0.25, 0.3) is 0 Å². The zero-order chi connectivity index (χ0) is 23.2. The molecule has 29 heavy (non-hydrogen) atoms. The summed E-state index contributed by atoms with van der Waals surface area (Å²) in [5.74, 6) is 1.51. The van der Waals surface area contributed by atoms with Gasteiger partial charge >= 0.3 is 0 Å². The predicted octanol–water partition coefficient (Wildman–Crippen LogP) is 9.48. The van der Waals surface area contributed by atoms with E-state index in [-0.39, 0.29) is 11.7 Å². The van der Waals surface area contributed by atoms with Crippen LogP contribution >= 0.6 is 0 Å². The minimum atomic E-state index is -0.124. The predicted molar refractivity (Wildman–Crippen MR) is 130 cm³/mol. The van der Waals surface area contributed by atoms with Crippen molar-refractivity contribution in [3.63, 3.8) is 0 Å². The Kier molecular flexibility index (Phi) is 25.9. The maximum absolute atomic E-state index is 12.5. The van der Waals surface area contributed by atoms with Crippen LogP contribution < -0.4 is 0 Å². The Morgan fingerprint density at radius 2 is 1.41 bits per heavy atom. The highest BCUT2D eigenvalue weighted by atomic mass is 19.1. The van der Waals surface area contributed by atoms with Gasteiger partial charge in [0.25, 0.3) is 0 Å². The molecule has 0 saturated carbocycles. The molecular weight excluding hydrogens is 359 g/mol. The monoisotopic (exact) mass is 410 g/mol. The first-order valence-corrected chi connectivity index (χ1v) is 12.0. The second-order valence-electron chi connectivity index (χ2n) is 7.77. The van der Waals surface area contributed by atoms with Gasteiger partial charge in [0.05, 0.1) is 0 Å². The van der Waals surface area contributed by atoms with E-state index >= 15 is 0 Å². The molecule has 2 heteroatoms. The number of ketones is 1. The highest BCUT2D eigenvalue weighted by molar-refractivity contribution is 5.80. The first-order valence-electron chi connectivity index (χ1n) is 12.0. The molecule has 0 aliphatic rings. The van der Waals surface area contributed by atoms with Crippen LogP contribution in [0.3, 0.4) is 0 Å². The number of carbonyl (C=O) groups excluding carboxylic acids is 1. The summed E-state index contributed by atoms with van der Waals surface area (Å²) in [7, 11) is 0. The first-order chi connectivity index (χ1) is 13.7. The van der Waals surface area contributed by atoms with Gasteiger partial charge in [-0.25, -0.2) is 4.39 Å². The standard InChI is InChI=1S/C10H22.C8H9F.C7H14O.C2H6/c1-4-6-8-10(3)9-7-5-2;1-6-3-4-8(9)7(2)5-6;1-4-6(3)7(8)5-2;1-2/h10H,4-9H2,1-3H3;3-5H,1-2H3;6H,4-5H2,1-3H3;1-2H3. The third-order valence-electron chi connectivity index (χ3n) is 4.92. The number of benzene rings is 1. The van der Waals surface area contributed by atoms with E-state index in [9.17, 15) is 9.18 Å². The number of hydrogen-bond acceptors (Lipinski definition) is 1. The van der Waals surface area contributed by atoms with E-state index in [1.54, 1.807) is 13.0 Å². The van der Waals surface area contributed by atoms with Crippen LogP contribution in [0.4, 0.5) is 4.39 Å². The number of unbranched alkanes of at least 4 members (excludes halogenated alkanes) is 2. The Labute approximate surface area is 182 Å². The summed E-state index contributed by atoms with van der Waals surface area (Å²) in [6, 6.07) is 5.09. The lowest BCUT2D eigenvalue weighted by atomic mass is 9.98. The Balaban J connectivity index is -0.000000336. The van der Waals surface area contributed by atoms with Crippen molar-refractivity contribution in [1.82, 2.24) is 0 Å². The van der Waals surface area contributed by atoms with Crippen molar-refractivity contribution in [3.8, 4) is 0 Å². The van der Waals surface area contributed by atoms with Gasteiger partial charge in [0.15, 0.2) is 0 Å². The molecule has 0 bridgehead atoms. The van der Waals surface area contributed by atoms with E-state index in [4.69, 9.17) is 0 Å². The van der Waals surface area contributed by atoms with Crippen LogP contribution in [0.5, 0.6) is 0 Å². The van der Waals surface area contributed by atoms with Crippen molar-refractivity contribution >= 4 is 5.78 Å². The molecule has 0 heterocycles. The van der Waals surface area contributed by atoms with E-state index in [1.165, 1.54) is 44.6 Å². The maximum Gasteiger partial charge on any atom is 0.135 e. The number of aryl methyl sites for hydroxylation is 2. The number of halogens is 1. The normalized spacial score (nSPS) is 10.6. The molecule has 0 radical (unpaired) electrons. The van der Waals surface area contributed by atoms with Gasteiger partial charge in [-0.3, -0.25) is 4.79 Å². The van der Waals surface area contributed by atoms with Crippen molar-refractivity contribution in [1.29, 1.82) is 0 Å². The molecule has 1 atom stereocenters. The van der Waals surface area contributed by atoms with Crippen molar-refractivity contribution in [3.05, 3.63) is 35.1 Å². The molecular formula is C27H51FO. The number of hydrogen-bond donors (Lipinski definition) is 0. The molecule has 0 aliphatic carbocycles. The van der Waals surface area contributed by atoms with Gasteiger partial charge in [-0.05, 0) is 37.8 Å². The Morgan fingerprint density at radius 3 is 1.69 bits per heavy atom. The third kappa shape index (κ3) is 21.3. The van der Waals surface area contributed by atoms with E-state index < -0.39 is 0 Å². The molecule has 172 valence electrons. The number of Topliss-reactive ketones (excluding diaryl/α,β-unsaturated/α-hetero) is 1. The molecule has 1 nitrogen and oxygen atoms in total. The van der Waals surface area contributed by atoms with Gasteiger partial charge in [0, 0.05) is 12.3 Å². The molecule has 0 aliphatic heterocycles. The largest absolute Gasteiger partial charge is 0.299 e. The van der Waals surface area contributed by atoms with E-state index in [1.807, 2.05) is 47.6 Å². The lowest BCUT2D eigenvalue weighted by molar-refractivity contribution is -0.122. The molecule has 0 N–H and O–H groups in total. The topological polar surface area (TPSA) is 17.1 Å². The number of carbonyl (C=O) groups is 1. The van der Waals surface area contributed by atoms with Crippen LogP contribution in [-0.2, 0) is 4.79 Å². The van der Waals surface area contributed by atoms with Crippen LogP contribution in [-0.4, -0.2) is 5.78 Å². The van der Waals surface area contributed by atoms with E-state index in [2.05, 4.69) is 20.8 Å². The Bertz CT molecular complexity index is 473. The van der Waals surface area contributed by atoms with Gasteiger partial charge < -0.3 is 0 Å². The van der Waals surface area contributed by atoms with Crippen LogP contribution in [0, 0.1) is 31.5 Å². The molecule has 1 rings (SSSR count). The van der Waals surface area contributed by atoms with Crippen LogP contribution in [0.2, 0.25) is 0 Å². The van der Waals surface area contributed by atoms with Crippen LogP contribution in [0.1, 0.15) is 118 Å². The fraction of sp³-hybridized carbons (Fsp3) is 0.741. The summed E-state index contributed by atoms with van der Waals surface area (Å²) in [4.78, 5) is 10.7. The van der Waals surface area contributed by atoms with Gasteiger partial charge in [0.1, 0.15) is 11.6 Å². The fourth-order valence-electron chi connectivity index (χ4n) is 2.62. The first kappa shape index (κ1) is 32.5. The Hall–Kier alpha value is -1.18. The smallest absolute Gasteiger partial charge is 0.135 e. The summed E-state index contributed by atoms with van der Waals surface area (Å²) in [5.41, 5.74) is 1.82. The maximum atomic E-state index is 12.5. The molecule has 0 aromatic heterocycles.